The second-order valence-corrected chi connectivity index (χ2v) is 5.32. The van der Waals surface area contributed by atoms with E-state index in [2.05, 4.69) is 10.3 Å². The van der Waals surface area contributed by atoms with E-state index in [0.29, 0.717) is 11.4 Å². The highest BCUT2D eigenvalue weighted by molar-refractivity contribution is 5.65. The Morgan fingerprint density at radius 2 is 2.05 bits per heavy atom. The highest BCUT2D eigenvalue weighted by atomic mass is 19.1. The Balaban J connectivity index is 2.66. The van der Waals surface area contributed by atoms with Gasteiger partial charge in [0.25, 0.3) is 0 Å². The molecule has 0 saturated carbocycles. The summed E-state index contributed by atoms with van der Waals surface area (Å²) in [4.78, 5) is 10.9. The molecule has 0 atom stereocenters. The van der Waals surface area contributed by atoms with Crippen LogP contribution in [-0.2, 0) is 5.41 Å². The molecule has 0 fully saturated rings. The zero-order valence-corrected chi connectivity index (χ0v) is 11.0. The maximum absolute atomic E-state index is 13.2. The van der Waals surface area contributed by atoms with Crippen molar-refractivity contribution in [1.29, 1.82) is 0 Å². The Labute approximate surface area is 110 Å². The maximum atomic E-state index is 13.2. The smallest absolute Gasteiger partial charge is 0.173 e. The molecule has 19 heavy (non-hydrogen) atoms. The molecule has 1 heterocycles. The van der Waals surface area contributed by atoms with Gasteiger partial charge in [-0.2, -0.15) is 5.10 Å². The molecular formula is C13H15FN4O. The van der Waals surface area contributed by atoms with E-state index >= 15 is 0 Å². The summed E-state index contributed by atoms with van der Waals surface area (Å²) in [6.07, 6.45) is 0. The third kappa shape index (κ3) is 2.33. The molecule has 0 spiro atoms. The third-order valence-corrected chi connectivity index (χ3v) is 2.75. The molecule has 2 aromatic rings. The average molecular weight is 262 g/mol. The molecule has 0 bridgehead atoms. The number of anilines is 1. The van der Waals surface area contributed by atoms with Gasteiger partial charge >= 0.3 is 0 Å². The minimum Gasteiger partial charge on any atom is -0.382 e. The normalized spacial score (nSPS) is 11.6. The molecule has 1 aromatic carbocycles. The predicted octanol–water partition coefficient (Wildman–Crippen LogP) is 3.29. The first-order valence-electron chi connectivity index (χ1n) is 5.83. The minimum atomic E-state index is -0.398. The van der Waals surface area contributed by atoms with Crippen LogP contribution in [0.2, 0.25) is 0 Å². The number of benzene rings is 1. The molecule has 6 heteroatoms. The lowest BCUT2D eigenvalue weighted by molar-refractivity contribution is 0.561. The van der Waals surface area contributed by atoms with E-state index in [-0.39, 0.29) is 16.9 Å². The second-order valence-electron chi connectivity index (χ2n) is 5.32. The summed E-state index contributed by atoms with van der Waals surface area (Å²) >= 11 is 0. The Morgan fingerprint density at radius 1 is 1.37 bits per heavy atom. The molecule has 0 aliphatic heterocycles. The average Bonchev–Trinajstić information content (AvgIpc) is 2.66. The van der Waals surface area contributed by atoms with Crippen LogP contribution < -0.4 is 5.73 Å². The lowest BCUT2D eigenvalue weighted by Crippen LogP contribution is -2.13. The van der Waals surface area contributed by atoms with Crippen molar-refractivity contribution in [3.63, 3.8) is 0 Å². The van der Waals surface area contributed by atoms with Crippen LogP contribution in [0, 0.1) is 10.7 Å². The van der Waals surface area contributed by atoms with Gasteiger partial charge in [0.1, 0.15) is 5.82 Å². The lowest BCUT2D eigenvalue weighted by atomic mass is 9.91. The maximum Gasteiger partial charge on any atom is 0.173 e. The summed E-state index contributed by atoms with van der Waals surface area (Å²) in [7, 11) is 0. The molecule has 0 amide bonds. The molecule has 0 radical (unpaired) electrons. The Hall–Kier alpha value is -2.24. The van der Waals surface area contributed by atoms with Crippen molar-refractivity contribution in [1.82, 2.24) is 9.78 Å². The van der Waals surface area contributed by atoms with Crippen molar-refractivity contribution >= 4 is 11.5 Å². The summed E-state index contributed by atoms with van der Waals surface area (Å²) in [5.74, 6) is -0.282. The zero-order chi connectivity index (χ0) is 14.2. The number of nitroso groups, excluding NO2 is 1. The minimum absolute atomic E-state index is 0.108. The van der Waals surface area contributed by atoms with E-state index < -0.39 is 5.82 Å². The molecule has 1 aromatic heterocycles. The molecular weight excluding hydrogens is 247 g/mol. The van der Waals surface area contributed by atoms with Crippen LogP contribution in [0.5, 0.6) is 0 Å². The number of hydrogen-bond donors (Lipinski definition) is 1. The van der Waals surface area contributed by atoms with Crippen LogP contribution in [0.1, 0.15) is 26.5 Å². The molecule has 100 valence electrons. The fourth-order valence-corrected chi connectivity index (χ4v) is 1.82. The van der Waals surface area contributed by atoms with Crippen molar-refractivity contribution < 1.29 is 4.39 Å². The van der Waals surface area contributed by atoms with Gasteiger partial charge in [0.15, 0.2) is 11.5 Å². The van der Waals surface area contributed by atoms with Gasteiger partial charge < -0.3 is 5.73 Å². The quantitative estimate of drug-likeness (QED) is 0.844. The van der Waals surface area contributed by atoms with Crippen LogP contribution in [0.25, 0.3) is 5.69 Å². The van der Waals surface area contributed by atoms with Crippen molar-refractivity contribution in [3.05, 3.63) is 40.7 Å². The van der Waals surface area contributed by atoms with Crippen LogP contribution >= 0.6 is 0 Å². The fraction of sp³-hybridized carbons (Fsp3) is 0.308. The largest absolute Gasteiger partial charge is 0.382 e. The number of halogens is 1. The van der Waals surface area contributed by atoms with Gasteiger partial charge in [0.05, 0.1) is 11.4 Å². The number of aromatic nitrogens is 2. The van der Waals surface area contributed by atoms with Gasteiger partial charge in [-0.3, -0.25) is 0 Å². The first kappa shape index (κ1) is 13.2. The van der Waals surface area contributed by atoms with Crippen molar-refractivity contribution in [2.75, 3.05) is 5.73 Å². The lowest BCUT2D eigenvalue weighted by Gasteiger charge is -2.14. The number of hydrogen-bond acceptors (Lipinski definition) is 4. The SMILES string of the molecule is CC(C)(C)c1nn(-c2cccc(F)c2)c(N)c1N=O. The Kier molecular flexibility index (Phi) is 3.09. The van der Waals surface area contributed by atoms with Crippen LogP contribution in [0.3, 0.4) is 0 Å². The van der Waals surface area contributed by atoms with E-state index in [1.165, 1.54) is 16.8 Å². The van der Waals surface area contributed by atoms with E-state index in [4.69, 9.17) is 5.73 Å². The molecule has 5 nitrogen and oxygen atoms in total. The fourth-order valence-electron chi connectivity index (χ4n) is 1.82. The van der Waals surface area contributed by atoms with Crippen molar-refractivity contribution in [3.8, 4) is 5.69 Å². The molecule has 0 unspecified atom stereocenters. The summed E-state index contributed by atoms with van der Waals surface area (Å²) in [5, 5.41) is 7.25. The molecule has 0 aliphatic carbocycles. The van der Waals surface area contributed by atoms with Gasteiger partial charge in [0.2, 0.25) is 0 Å². The van der Waals surface area contributed by atoms with Crippen LogP contribution in [-0.4, -0.2) is 9.78 Å². The number of rotatable bonds is 2. The summed E-state index contributed by atoms with van der Waals surface area (Å²) in [6, 6.07) is 5.83. The highest BCUT2D eigenvalue weighted by Gasteiger charge is 2.27. The number of nitrogens with two attached hydrogens (primary N) is 1. The second kappa shape index (κ2) is 4.46. The van der Waals surface area contributed by atoms with Gasteiger partial charge in [-0.1, -0.05) is 26.8 Å². The topological polar surface area (TPSA) is 73.3 Å². The highest BCUT2D eigenvalue weighted by Crippen LogP contribution is 2.36. The Morgan fingerprint density at radius 3 is 2.53 bits per heavy atom. The molecule has 2 N–H and O–H groups in total. The number of nitrogen functional groups attached to an aromatic ring is 1. The van der Waals surface area contributed by atoms with Crippen LogP contribution in [0.4, 0.5) is 15.9 Å². The van der Waals surface area contributed by atoms with Gasteiger partial charge in [-0.15, -0.1) is 4.91 Å². The summed E-state index contributed by atoms with van der Waals surface area (Å²) in [5.41, 5.74) is 6.55. The van der Waals surface area contributed by atoms with Crippen molar-refractivity contribution in [2.24, 2.45) is 5.18 Å². The number of nitrogens with zero attached hydrogens (tertiary/aromatic N) is 3. The standard InChI is InChI=1S/C13H15FN4O/c1-13(2,3)11-10(17-19)12(15)18(16-11)9-6-4-5-8(14)7-9/h4-7H,15H2,1-3H3. The van der Waals surface area contributed by atoms with Gasteiger partial charge in [-0.05, 0) is 23.4 Å². The Bertz CT molecular complexity index is 628. The predicted molar refractivity (Wildman–Crippen MR) is 72.1 cm³/mol. The summed E-state index contributed by atoms with van der Waals surface area (Å²) in [6.45, 7) is 5.71. The zero-order valence-electron chi connectivity index (χ0n) is 11.0. The molecule has 2 rings (SSSR count). The third-order valence-electron chi connectivity index (χ3n) is 2.75. The van der Waals surface area contributed by atoms with E-state index in [0.717, 1.165) is 0 Å². The first-order chi connectivity index (χ1) is 8.84. The first-order valence-corrected chi connectivity index (χ1v) is 5.83. The van der Waals surface area contributed by atoms with Gasteiger partial charge in [0, 0.05) is 5.41 Å². The monoisotopic (exact) mass is 262 g/mol. The van der Waals surface area contributed by atoms with Crippen LogP contribution in [0.15, 0.2) is 29.4 Å². The molecule has 0 aliphatic rings. The van der Waals surface area contributed by atoms with E-state index in [1.54, 1.807) is 12.1 Å². The van der Waals surface area contributed by atoms with Gasteiger partial charge in [-0.25, -0.2) is 9.07 Å². The molecule has 0 saturated heterocycles. The van der Waals surface area contributed by atoms with E-state index in [9.17, 15) is 9.30 Å². The van der Waals surface area contributed by atoms with E-state index in [1.807, 2.05) is 20.8 Å². The summed E-state index contributed by atoms with van der Waals surface area (Å²) < 4.78 is 14.6. The van der Waals surface area contributed by atoms with Crippen molar-refractivity contribution in [2.45, 2.75) is 26.2 Å².